The minimum atomic E-state index is -4.62. The molecule has 12 nitrogen and oxygen atoms in total. The zero-order valence-corrected chi connectivity index (χ0v) is 23.2. The molecule has 2 aliphatic rings. The topological polar surface area (TPSA) is 180 Å². The molecule has 1 saturated carbocycles. The molecule has 0 spiro atoms. The standard InChI is InChI=1S/C28H31N5O7S/c1-39-20-7-5-18(6-8-20)16-31-24-10-9-22(15-25(24)33(35)36)41(37,38)28(12-3-2-4-23(28)26(29)34)40-21-14-19-11-13-30-27(19)32-17-21/h2-4,9-15,17-18,20,23,31H,5-8,16H2,1H3,(H2,29,34)(H,30,32). The lowest BCUT2D eigenvalue weighted by Gasteiger charge is -2.36. The van der Waals surface area contributed by atoms with E-state index in [-0.39, 0.29) is 17.5 Å². The number of nitro benzene ring substituents is 1. The molecule has 41 heavy (non-hydrogen) atoms. The fourth-order valence-corrected chi connectivity index (χ4v) is 7.33. The Labute approximate surface area is 236 Å². The van der Waals surface area contributed by atoms with Crippen LogP contribution in [0.15, 0.2) is 71.9 Å². The number of amides is 1. The molecular formula is C28H31N5O7S. The number of sulfone groups is 1. The molecule has 2 aliphatic carbocycles. The van der Waals surface area contributed by atoms with E-state index in [0.29, 0.717) is 23.5 Å². The number of fused-ring (bicyclic) bond motifs is 1. The number of nitrogens with one attached hydrogen (secondary N) is 2. The summed E-state index contributed by atoms with van der Waals surface area (Å²) in [6.07, 6.45) is 12.4. The molecule has 0 radical (unpaired) electrons. The Bertz CT molecular complexity index is 1630. The summed E-state index contributed by atoms with van der Waals surface area (Å²) in [7, 11) is -2.92. The number of nitro groups is 1. The van der Waals surface area contributed by atoms with Crippen LogP contribution in [-0.4, -0.2) is 53.9 Å². The van der Waals surface area contributed by atoms with Crippen LogP contribution in [0.1, 0.15) is 25.7 Å². The molecule has 5 rings (SSSR count). The second-order valence-electron chi connectivity index (χ2n) is 10.2. The quantitative estimate of drug-likeness (QED) is 0.237. The minimum absolute atomic E-state index is 0.0721. The van der Waals surface area contributed by atoms with Crippen molar-refractivity contribution in [3.05, 3.63) is 77.1 Å². The van der Waals surface area contributed by atoms with Gasteiger partial charge in [0, 0.05) is 31.3 Å². The van der Waals surface area contributed by atoms with Crippen molar-refractivity contribution in [3.8, 4) is 5.75 Å². The molecule has 0 aliphatic heterocycles. The van der Waals surface area contributed by atoms with E-state index in [1.165, 1.54) is 42.6 Å². The molecular weight excluding hydrogens is 550 g/mol. The summed E-state index contributed by atoms with van der Waals surface area (Å²) in [5.74, 6) is -2.00. The molecule has 1 amide bonds. The van der Waals surface area contributed by atoms with Gasteiger partial charge in [-0.15, -0.1) is 0 Å². The molecule has 2 aromatic heterocycles. The van der Waals surface area contributed by atoms with Gasteiger partial charge in [0.05, 0.1) is 22.1 Å². The summed E-state index contributed by atoms with van der Waals surface area (Å²) in [5, 5.41) is 15.8. The molecule has 1 aromatic carbocycles. The van der Waals surface area contributed by atoms with E-state index in [1.54, 1.807) is 25.4 Å². The van der Waals surface area contributed by atoms with Gasteiger partial charge in [0.1, 0.15) is 23.0 Å². The van der Waals surface area contributed by atoms with Crippen molar-refractivity contribution in [2.45, 2.75) is 41.6 Å². The number of nitrogens with zero attached hydrogens (tertiary/aromatic N) is 2. The monoisotopic (exact) mass is 581 g/mol. The van der Waals surface area contributed by atoms with Crippen molar-refractivity contribution >= 4 is 38.2 Å². The molecule has 2 atom stereocenters. The number of anilines is 1. The van der Waals surface area contributed by atoms with E-state index in [1.807, 2.05) is 0 Å². The highest BCUT2D eigenvalue weighted by Crippen LogP contribution is 2.41. The Morgan fingerprint density at radius 1 is 1.22 bits per heavy atom. The van der Waals surface area contributed by atoms with Crippen LogP contribution < -0.4 is 15.8 Å². The Kier molecular flexibility index (Phi) is 7.82. The average Bonchev–Trinajstić information content (AvgIpc) is 3.44. The Morgan fingerprint density at radius 3 is 2.71 bits per heavy atom. The van der Waals surface area contributed by atoms with Gasteiger partial charge in [0.2, 0.25) is 20.7 Å². The molecule has 4 N–H and O–H groups in total. The highest BCUT2D eigenvalue weighted by Gasteiger charge is 2.54. The second-order valence-corrected chi connectivity index (χ2v) is 12.3. The van der Waals surface area contributed by atoms with Crippen LogP contribution in [0, 0.1) is 22.0 Å². The number of pyridine rings is 1. The number of aromatic nitrogens is 2. The summed E-state index contributed by atoms with van der Waals surface area (Å²) in [6.45, 7) is 0.502. The zero-order valence-electron chi connectivity index (χ0n) is 22.4. The van der Waals surface area contributed by atoms with E-state index in [2.05, 4.69) is 15.3 Å². The summed E-state index contributed by atoms with van der Waals surface area (Å²) in [6, 6.07) is 6.94. The average molecular weight is 582 g/mol. The van der Waals surface area contributed by atoms with E-state index in [4.69, 9.17) is 15.2 Å². The van der Waals surface area contributed by atoms with Crippen molar-refractivity contribution < 1.29 is 27.6 Å². The van der Waals surface area contributed by atoms with Crippen molar-refractivity contribution in [1.82, 2.24) is 9.97 Å². The van der Waals surface area contributed by atoms with Gasteiger partial charge in [0.25, 0.3) is 5.69 Å². The van der Waals surface area contributed by atoms with Crippen LogP contribution in [0.2, 0.25) is 0 Å². The number of methoxy groups -OCH3 is 1. The molecule has 3 aromatic rings. The first-order valence-electron chi connectivity index (χ1n) is 13.2. The van der Waals surface area contributed by atoms with E-state index in [9.17, 15) is 23.3 Å². The fourth-order valence-electron chi connectivity index (χ4n) is 5.45. The number of carbonyl (C=O) groups is 1. The van der Waals surface area contributed by atoms with Gasteiger partial charge in [-0.05, 0) is 61.9 Å². The largest absolute Gasteiger partial charge is 0.464 e. The van der Waals surface area contributed by atoms with Gasteiger partial charge in [-0.2, -0.15) is 0 Å². The van der Waals surface area contributed by atoms with Crippen LogP contribution in [0.25, 0.3) is 11.0 Å². The van der Waals surface area contributed by atoms with Crippen molar-refractivity contribution in [2.75, 3.05) is 19.0 Å². The summed E-state index contributed by atoms with van der Waals surface area (Å²) in [4.78, 5) is 28.5. The van der Waals surface area contributed by atoms with E-state index in [0.717, 1.165) is 31.7 Å². The van der Waals surface area contributed by atoms with Crippen molar-refractivity contribution in [1.29, 1.82) is 0 Å². The summed E-state index contributed by atoms with van der Waals surface area (Å²) < 4.78 is 40.1. The maximum Gasteiger partial charge on any atom is 0.293 e. The van der Waals surface area contributed by atoms with Gasteiger partial charge in [-0.1, -0.05) is 18.2 Å². The molecule has 216 valence electrons. The van der Waals surface area contributed by atoms with Crippen LogP contribution in [0.5, 0.6) is 5.75 Å². The lowest BCUT2D eigenvalue weighted by atomic mass is 9.87. The number of carbonyl (C=O) groups excluding carboxylic acids is 1. The number of hydrogen-bond donors (Lipinski definition) is 3. The summed E-state index contributed by atoms with van der Waals surface area (Å²) in [5.41, 5.74) is 6.01. The third-order valence-electron chi connectivity index (χ3n) is 7.74. The smallest absolute Gasteiger partial charge is 0.293 e. The number of hydrogen-bond acceptors (Lipinski definition) is 9. The van der Waals surface area contributed by atoms with Crippen molar-refractivity contribution in [3.63, 3.8) is 0 Å². The number of aromatic amines is 1. The highest BCUT2D eigenvalue weighted by molar-refractivity contribution is 7.93. The number of H-pyrrole nitrogens is 1. The molecule has 2 unspecified atom stereocenters. The van der Waals surface area contributed by atoms with Crippen LogP contribution >= 0.6 is 0 Å². The van der Waals surface area contributed by atoms with Crippen LogP contribution in [-0.2, 0) is 19.4 Å². The fraction of sp³-hybridized carbons (Fsp3) is 0.357. The van der Waals surface area contributed by atoms with Gasteiger partial charge >= 0.3 is 0 Å². The number of ether oxygens (including phenoxy) is 2. The Hall–Kier alpha value is -4.23. The first kappa shape index (κ1) is 28.3. The number of rotatable bonds is 10. The van der Waals surface area contributed by atoms with E-state index >= 15 is 0 Å². The Morgan fingerprint density at radius 2 is 2.00 bits per heavy atom. The van der Waals surface area contributed by atoms with Crippen LogP contribution in [0.4, 0.5) is 11.4 Å². The first-order chi connectivity index (χ1) is 19.6. The van der Waals surface area contributed by atoms with Gasteiger partial charge in [-0.3, -0.25) is 14.9 Å². The van der Waals surface area contributed by atoms with Gasteiger partial charge in [0.15, 0.2) is 0 Å². The third kappa shape index (κ3) is 5.42. The SMILES string of the molecule is COC1CCC(CNc2ccc(S(=O)(=O)C3(Oc4cnc5[nH]ccc5c4)C=CC=CC3C(N)=O)cc2[N+](=O)[O-])CC1. The van der Waals surface area contributed by atoms with Crippen molar-refractivity contribution in [2.24, 2.45) is 17.6 Å². The lowest BCUT2D eigenvalue weighted by Crippen LogP contribution is -2.53. The molecule has 2 heterocycles. The molecule has 0 saturated heterocycles. The zero-order chi connectivity index (χ0) is 29.2. The molecule has 1 fully saturated rings. The van der Waals surface area contributed by atoms with Gasteiger partial charge < -0.3 is 25.5 Å². The normalized spacial score (nSPS) is 24.3. The molecule has 0 bridgehead atoms. The van der Waals surface area contributed by atoms with Gasteiger partial charge in [-0.25, -0.2) is 13.4 Å². The maximum atomic E-state index is 14.3. The van der Waals surface area contributed by atoms with Crippen LogP contribution in [0.3, 0.4) is 0 Å². The minimum Gasteiger partial charge on any atom is -0.464 e. The maximum absolute atomic E-state index is 14.3. The summed E-state index contributed by atoms with van der Waals surface area (Å²) >= 11 is 0. The number of nitrogens with two attached hydrogens (primary N) is 1. The third-order valence-corrected chi connectivity index (χ3v) is 9.93. The number of primary amides is 1. The Balaban J connectivity index is 1.50. The second kappa shape index (κ2) is 11.3. The predicted molar refractivity (Wildman–Crippen MR) is 152 cm³/mol. The lowest BCUT2D eigenvalue weighted by molar-refractivity contribution is -0.384. The number of allylic oxidation sites excluding steroid dienone is 2. The highest BCUT2D eigenvalue weighted by atomic mass is 32.2. The predicted octanol–water partition coefficient (Wildman–Crippen LogP) is 3.86. The number of benzene rings is 1. The molecule has 13 heteroatoms. The van der Waals surface area contributed by atoms with E-state index < -0.39 is 42.1 Å². The first-order valence-corrected chi connectivity index (χ1v) is 14.7.